The van der Waals surface area contributed by atoms with Gasteiger partial charge in [-0.2, -0.15) is 0 Å². The number of rotatable bonds is 5. The Morgan fingerprint density at radius 1 is 1.15 bits per heavy atom. The molecule has 0 heterocycles. The molecule has 1 aliphatic rings. The first-order chi connectivity index (χ1) is 9.57. The number of nitrogens with zero attached hydrogens (tertiary/aromatic N) is 1. The summed E-state index contributed by atoms with van der Waals surface area (Å²) >= 11 is 0. The normalized spacial score (nSPS) is 20.0. The zero-order valence-corrected chi connectivity index (χ0v) is 12.9. The van der Waals surface area contributed by atoms with E-state index >= 15 is 0 Å². The van der Waals surface area contributed by atoms with Crippen LogP contribution in [0.5, 0.6) is 5.75 Å². The molecule has 1 aromatic rings. The number of hydrogen-bond acceptors (Lipinski definition) is 3. The first kappa shape index (κ1) is 15.3. The van der Waals surface area contributed by atoms with Crippen LogP contribution in [0, 0.1) is 0 Å². The van der Waals surface area contributed by atoms with Gasteiger partial charge in [0.25, 0.3) is 0 Å². The van der Waals surface area contributed by atoms with Crippen LogP contribution < -0.4 is 0 Å². The van der Waals surface area contributed by atoms with Crippen LogP contribution in [0.2, 0.25) is 0 Å². The standard InChI is InChI=1S/C17H27NO2/c1-18(2)13-16(14-7-9-15(19)10-8-14)17(20-3)11-5-4-6-12-17/h7-10,16,19H,4-6,11-13H2,1-3H3. The lowest BCUT2D eigenvalue weighted by Gasteiger charge is -2.44. The maximum atomic E-state index is 9.51. The highest BCUT2D eigenvalue weighted by Gasteiger charge is 2.40. The molecule has 1 aliphatic carbocycles. The molecule has 0 bridgehead atoms. The van der Waals surface area contributed by atoms with Gasteiger partial charge in [0.15, 0.2) is 0 Å². The number of likely N-dealkylation sites (N-methyl/N-ethyl adjacent to an activating group) is 1. The molecular weight excluding hydrogens is 250 g/mol. The predicted molar refractivity (Wildman–Crippen MR) is 82.2 cm³/mol. The maximum Gasteiger partial charge on any atom is 0.115 e. The minimum absolute atomic E-state index is 0.0561. The van der Waals surface area contributed by atoms with E-state index in [1.54, 1.807) is 12.1 Å². The minimum Gasteiger partial charge on any atom is -0.508 e. The van der Waals surface area contributed by atoms with E-state index in [0.717, 1.165) is 19.4 Å². The Bertz CT molecular complexity index is 408. The molecule has 1 fully saturated rings. The van der Waals surface area contributed by atoms with Gasteiger partial charge >= 0.3 is 0 Å². The van der Waals surface area contributed by atoms with E-state index in [1.807, 2.05) is 19.2 Å². The topological polar surface area (TPSA) is 32.7 Å². The molecule has 0 aromatic heterocycles. The van der Waals surface area contributed by atoms with Crippen LogP contribution in [-0.2, 0) is 4.74 Å². The number of benzene rings is 1. The fraction of sp³-hybridized carbons (Fsp3) is 0.647. The quantitative estimate of drug-likeness (QED) is 0.895. The van der Waals surface area contributed by atoms with Crippen LogP contribution in [0.3, 0.4) is 0 Å². The Hall–Kier alpha value is -1.06. The SMILES string of the molecule is COC1(C(CN(C)C)c2ccc(O)cc2)CCCCC1. The van der Waals surface area contributed by atoms with E-state index in [0.29, 0.717) is 11.7 Å². The molecule has 1 atom stereocenters. The molecule has 0 spiro atoms. The van der Waals surface area contributed by atoms with Crippen molar-refractivity contribution in [2.24, 2.45) is 0 Å². The zero-order chi connectivity index (χ0) is 14.6. The molecule has 112 valence electrons. The largest absolute Gasteiger partial charge is 0.508 e. The van der Waals surface area contributed by atoms with Gasteiger partial charge < -0.3 is 14.7 Å². The average molecular weight is 277 g/mol. The molecule has 0 saturated heterocycles. The van der Waals surface area contributed by atoms with Gasteiger partial charge in [-0.25, -0.2) is 0 Å². The predicted octanol–water partition coefficient (Wildman–Crippen LogP) is 3.39. The highest BCUT2D eigenvalue weighted by Crippen LogP contribution is 2.43. The second kappa shape index (κ2) is 6.59. The number of aromatic hydroxyl groups is 1. The summed E-state index contributed by atoms with van der Waals surface area (Å²) in [7, 11) is 6.08. The summed E-state index contributed by atoms with van der Waals surface area (Å²) < 4.78 is 6.04. The van der Waals surface area contributed by atoms with Gasteiger partial charge in [-0.3, -0.25) is 0 Å². The molecule has 20 heavy (non-hydrogen) atoms. The third-order valence-corrected chi connectivity index (χ3v) is 4.58. The van der Waals surface area contributed by atoms with Gasteiger partial charge in [0.05, 0.1) is 5.60 Å². The molecule has 0 aliphatic heterocycles. The smallest absolute Gasteiger partial charge is 0.115 e. The van der Waals surface area contributed by atoms with Crippen molar-refractivity contribution in [3.05, 3.63) is 29.8 Å². The summed E-state index contributed by atoms with van der Waals surface area (Å²) in [5, 5.41) is 9.51. The van der Waals surface area contributed by atoms with Crippen LogP contribution in [0.4, 0.5) is 0 Å². The summed E-state index contributed by atoms with van der Waals surface area (Å²) in [6.07, 6.45) is 6.06. The van der Waals surface area contributed by atoms with Crippen molar-refractivity contribution in [2.75, 3.05) is 27.7 Å². The fourth-order valence-corrected chi connectivity index (χ4v) is 3.49. The van der Waals surface area contributed by atoms with Crippen molar-refractivity contribution in [3.63, 3.8) is 0 Å². The zero-order valence-electron chi connectivity index (χ0n) is 12.9. The van der Waals surface area contributed by atoms with Crippen LogP contribution in [-0.4, -0.2) is 43.4 Å². The second-order valence-electron chi connectivity index (χ2n) is 6.24. The first-order valence-corrected chi connectivity index (χ1v) is 7.56. The van der Waals surface area contributed by atoms with Gasteiger partial charge in [0.2, 0.25) is 0 Å². The summed E-state index contributed by atoms with van der Waals surface area (Å²) in [5.74, 6) is 0.677. The average Bonchev–Trinajstić information content (AvgIpc) is 2.46. The lowest BCUT2D eigenvalue weighted by Crippen LogP contribution is -2.44. The fourth-order valence-electron chi connectivity index (χ4n) is 3.49. The van der Waals surface area contributed by atoms with E-state index in [1.165, 1.54) is 24.8 Å². The number of phenolic OH excluding ortho intramolecular Hbond substituents is 1. The number of methoxy groups -OCH3 is 1. The molecule has 1 aromatic carbocycles. The Morgan fingerprint density at radius 3 is 2.25 bits per heavy atom. The van der Waals surface area contributed by atoms with Crippen molar-refractivity contribution < 1.29 is 9.84 Å². The van der Waals surface area contributed by atoms with E-state index in [2.05, 4.69) is 19.0 Å². The van der Waals surface area contributed by atoms with Crippen molar-refractivity contribution in [3.8, 4) is 5.75 Å². The van der Waals surface area contributed by atoms with Crippen molar-refractivity contribution in [1.82, 2.24) is 4.90 Å². The number of phenols is 1. The second-order valence-corrected chi connectivity index (χ2v) is 6.24. The van der Waals surface area contributed by atoms with E-state index in [9.17, 15) is 5.11 Å². The highest BCUT2D eigenvalue weighted by molar-refractivity contribution is 5.30. The monoisotopic (exact) mass is 277 g/mol. The summed E-state index contributed by atoms with van der Waals surface area (Å²) in [5.41, 5.74) is 1.21. The van der Waals surface area contributed by atoms with Crippen LogP contribution in [0.1, 0.15) is 43.6 Å². The van der Waals surface area contributed by atoms with Crippen molar-refractivity contribution in [2.45, 2.75) is 43.6 Å². The summed E-state index contributed by atoms with van der Waals surface area (Å²) in [6.45, 7) is 0.971. The molecular formula is C17H27NO2. The van der Waals surface area contributed by atoms with E-state index in [-0.39, 0.29) is 5.60 Å². The van der Waals surface area contributed by atoms with Gasteiger partial charge in [-0.1, -0.05) is 31.4 Å². The summed E-state index contributed by atoms with van der Waals surface area (Å²) in [6, 6.07) is 7.64. The molecule has 3 nitrogen and oxygen atoms in total. The lowest BCUT2D eigenvalue weighted by molar-refractivity contribution is -0.0651. The Kier molecular flexibility index (Phi) is 5.06. The Balaban J connectivity index is 2.32. The highest BCUT2D eigenvalue weighted by atomic mass is 16.5. The molecule has 3 heteroatoms. The Labute approximate surface area is 122 Å². The van der Waals surface area contributed by atoms with Gasteiger partial charge in [0.1, 0.15) is 5.75 Å². The molecule has 1 N–H and O–H groups in total. The van der Waals surface area contributed by atoms with Gasteiger partial charge in [-0.15, -0.1) is 0 Å². The minimum atomic E-state index is -0.0561. The van der Waals surface area contributed by atoms with Crippen LogP contribution in [0.15, 0.2) is 24.3 Å². The number of ether oxygens (including phenoxy) is 1. The third kappa shape index (κ3) is 3.33. The van der Waals surface area contributed by atoms with Crippen LogP contribution in [0.25, 0.3) is 0 Å². The lowest BCUT2D eigenvalue weighted by atomic mass is 9.72. The first-order valence-electron chi connectivity index (χ1n) is 7.56. The van der Waals surface area contributed by atoms with Gasteiger partial charge in [-0.05, 0) is 44.6 Å². The van der Waals surface area contributed by atoms with Crippen molar-refractivity contribution >= 4 is 0 Å². The molecule has 0 amide bonds. The number of hydrogen-bond donors (Lipinski definition) is 1. The van der Waals surface area contributed by atoms with E-state index in [4.69, 9.17) is 4.74 Å². The third-order valence-electron chi connectivity index (χ3n) is 4.58. The summed E-state index contributed by atoms with van der Waals surface area (Å²) in [4.78, 5) is 2.23. The maximum absolute atomic E-state index is 9.51. The van der Waals surface area contributed by atoms with E-state index < -0.39 is 0 Å². The molecule has 0 radical (unpaired) electrons. The Morgan fingerprint density at radius 2 is 1.75 bits per heavy atom. The molecule has 2 rings (SSSR count). The van der Waals surface area contributed by atoms with Gasteiger partial charge in [0, 0.05) is 19.6 Å². The molecule has 1 saturated carbocycles. The van der Waals surface area contributed by atoms with Crippen LogP contribution >= 0.6 is 0 Å². The van der Waals surface area contributed by atoms with Crippen molar-refractivity contribution in [1.29, 1.82) is 0 Å². The molecule has 1 unspecified atom stereocenters.